The SMILES string of the molecule is COc1cncnc1C1=C[C@H](O)[C@@]23O[C@@H]2C[C@H]2[C@@H]4CC[C@H]([C@H](C)C5CC(C)=C(CO)C(=O)O5)[C@@]4(C)CC[C@@H]2[C@@]3(C)C1=O. The number of carbonyl (C=O) groups is 2. The van der Waals surface area contributed by atoms with Crippen LogP contribution >= 0.6 is 0 Å². The molecule has 0 radical (unpaired) electrons. The molecule has 0 aromatic carbocycles. The van der Waals surface area contributed by atoms with E-state index in [-0.39, 0.29) is 47.8 Å². The van der Waals surface area contributed by atoms with Crippen LogP contribution in [0.1, 0.15) is 71.9 Å². The van der Waals surface area contributed by atoms with E-state index in [2.05, 4.69) is 23.8 Å². The summed E-state index contributed by atoms with van der Waals surface area (Å²) in [5.41, 5.74) is 0.405. The van der Waals surface area contributed by atoms with E-state index in [9.17, 15) is 19.8 Å². The molecule has 2 N–H and O–H groups in total. The average molecular weight is 579 g/mol. The van der Waals surface area contributed by atoms with Crippen LogP contribution in [0.5, 0.6) is 5.75 Å². The van der Waals surface area contributed by atoms with Gasteiger partial charge in [-0.3, -0.25) is 4.79 Å². The van der Waals surface area contributed by atoms with Gasteiger partial charge in [-0.2, -0.15) is 0 Å². The van der Waals surface area contributed by atoms with E-state index in [1.54, 1.807) is 12.3 Å². The number of nitrogens with zero attached hydrogens (tertiary/aromatic N) is 2. The molecular weight excluding hydrogens is 536 g/mol. The highest BCUT2D eigenvalue weighted by molar-refractivity contribution is 6.25. The largest absolute Gasteiger partial charge is 0.493 e. The number of hydrogen-bond donors (Lipinski definition) is 2. The lowest BCUT2D eigenvalue weighted by Crippen LogP contribution is -2.64. The van der Waals surface area contributed by atoms with Gasteiger partial charge in [0.25, 0.3) is 0 Å². The molecule has 1 aromatic rings. The highest BCUT2D eigenvalue weighted by atomic mass is 16.6. The molecule has 0 amide bonds. The van der Waals surface area contributed by atoms with Crippen LogP contribution in [0.4, 0.5) is 0 Å². The molecule has 4 aliphatic carbocycles. The van der Waals surface area contributed by atoms with Gasteiger partial charge in [-0.25, -0.2) is 14.8 Å². The number of esters is 1. The van der Waals surface area contributed by atoms with Gasteiger partial charge in [0, 0.05) is 12.0 Å². The van der Waals surface area contributed by atoms with Crippen LogP contribution in [0.15, 0.2) is 29.7 Å². The van der Waals surface area contributed by atoms with Crippen LogP contribution in [0.25, 0.3) is 5.57 Å². The van der Waals surface area contributed by atoms with E-state index in [0.717, 1.165) is 37.7 Å². The Morgan fingerprint density at radius 1 is 1.19 bits per heavy atom. The van der Waals surface area contributed by atoms with Gasteiger partial charge in [0.2, 0.25) is 0 Å². The summed E-state index contributed by atoms with van der Waals surface area (Å²) in [6, 6.07) is 0. The number of carbonyl (C=O) groups excluding carboxylic acids is 2. The van der Waals surface area contributed by atoms with Crippen LogP contribution in [0.3, 0.4) is 0 Å². The predicted octanol–water partition coefficient (Wildman–Crippen LogP) is 3.68. The van der Waals surface area contributed by atoms with Crippen molar-refractivity contribution in [2.45, 2.75) is 90.1 Å². The van der Waals surface area contributed by atoms with Gasteiger partial charge >= 0.3 is 5.97 Å². The summed E-state index contributed by atoms with van der Waals surface area (Å²) in [5.74, 6) is 1.36. The molecule has 1 spiro atoms. The van der Waals surface area contributed by atoms with Crippen molar-refractivity contribution >= 4 is 17.3 Å². The summed E-state index contributed by atoms with van der Waals surface area (Å²) in [6.07, 6.45) is 8.81. The number of cyclic esters (lactones) is 1. The molecule has 1 saturated heterocycles. The molecular formula is C33H42N2O7. The van der Waals surface area contributed by atoms with E-state index in [1.165, 1.54) is 13.4 Å². The smallest absolute Gasteiger partial charge is 0.336 e. The van der Waals surface area contributed by atoms with Crippen LogP contribution in [0.2, 0.25) is 0 Å². The Morgan fingerprint density at radius 3 is 2.69 bits per heavy atom. The minimum atomic E-state index is -0.911. The minimum Gasteiger partial charge on any atom is -0.493 e. The highest BCUT2D eigenvalue weighted by Gasteiger charge is 2.81. The molecule has 226 valence electrons. The number of ether oxygens (including phenoxy) is 3. The fraction of sp³-hybridized carbons (Fsp3) is 0.697. The zero-order chi connectivity index (χ0) is 29.8. The third-order valence-corrected chi connectivity index (χ3v) is 12.8. The van der Waals surface area contributed by atoms with Crippen molar-refractivity contribution in [1.82, 2.24) is 9.97 Å². The third kappa shape index (κ3) is 3.47. The molecule has 0 bridgehead atoms. The van der Waals surface area contributed by atoms with Crippen molar-refractivity contribution in [3.05, 3.63) is 35.4 Å². The van der Waals surface area contributed by atoms with Crippen LogP contribution in [0, 0.1) is 40.4 Å². The Morgan fingerprint density at radius 2 is 1.98 bits per heavy atom. The topological polar surface area (TPSA) is 131 Å². The number of allylic oxidation sites excluding steroid dienone is 1. The van der Waals surface area contributed by atoms with Gasteiger partial charge in [-0.1, -0.05) is 19.4 Å². The molecule has 3 heterocycles. The standard InChI is InChI=1S/C33H42N2O7/c1-16-10-24(41-30(39)20(16)14-36)17(2)21-6-7-22-18-12-27-33(42-27)26(37)11-19(28-25(40-5)13-34-15-35-28)29(38)32(33,4)23(18)8-9-31(21,22)3/h11,13,15,17-18,21-24,26-27,36-37H,6-10,12,14H2,1-5H3/t17-,18-,21+,22-,23-,24?,26-,27+,31+,32-,33+/m0/s1. The molecule has 6 aliphatic rings. The number of aliphatic hydroxyl groups is 2. The first kappa shape index (κ1) is 28.2. The fourth-order valence-electron chi connectivity index (χ4n) is 10.7. The summed E-state index contributed by atoms with van der Waals surface area (Å²) in [5, 5.41) is 21.2. The van der Waals surface area contributed by atoms with E-state index in [1.807, 2.05) is 13.8 Å². The van der Waals surface area contributed by atoms with E-state index < -0.39 is 17.1 Å². The Balaban J connectivity index is 1.19. The summed E-state index contributed by atoms with van der Waals surface area (Å²) in [7, 11) is 1.53. The Kier molecular flexibility index (Phi) is 6.33. The van der Waals surface area contributed by atoms with Gasteiger partial charge in [0.05, 0.1) is 37.0 Å². The number of methoxy groups -OCH3 is 1. The number of rotatable bonds is 5. The van der Waals surface area contributed by atoms with Crippen molar-refractivity contribution in [3.8, 4) is 5.75 Å². The molecule has 42 heavy (non-hydrogen) atoms. The molecule has 9 heteroatoms. The molecule has 9 nitrogen and oxygen atoms in total. The summed E-state index contributed by atoms with van der Waals surface area (Å²) < 4.78 is 17.8. The number of aliphatic hydroxyl groups excluding tert-OH is 2. The number of fused-ring (bicyclic) bond motifs is 4. The number of epoxide rings is 1. The van der Waals surface area contributed by atoms with Crippen molar-refractivity contribution in [2.24, 2.45) is 40.4 Å². The van der Waals surface area contributed by atoms with Gasteiger partial charge in [0.15, 0.2) is 11.5 Å². The molecule has 11 atom stereocenters. The first-order valence-corrected chi connectivity index (χ1v) is 15.5. The number of aromatic nitrogens is 2. The highest BCUT2D eigenvalue weighted by Crippen LogP contribution is 2.74. The molecule has 7 rings (SSSR count). The fourth-order valence-corrected chi connectivity index (χ4v) is 10.7. The maximum Gasteiger partial charge on any atom is 0.336 e. The number of Topliss-reactive ketones (excluding diaryl/α,β-unsaturated/α-hetero) is 1. The van der Waals surface area contributed by atoms with E-state index in [0.29, 0.717) is 46.8 Å². The average Bonchev–Trinajstić information content (AvgIpc) is 3.61. The van der Waals surface area contributed by atoms with E-state index >= 15 is 0 Å². The van der Waals surface area contributed by atoms with E-state index in [4.69, 9.17) is 14.2 Å². The quantitative estimate of drug-likeness (QED) is 0.397. The van der Waals surface area contributed by atoms with Gasteiger partial charge in [-0.15, -0.1) is 0 Å². The second-order valence-electron chi connectivity index (χ2n) is 14.2. The zero-order valence-electron chi connectivity index (χ0n) is 25.1. The van der Waals surface area contributed by atoms with Crippen LogP contribution < -0.4 is 4.74 Å². The predicted molar refractivity (Wildman–Crippen MR) is 152 cm³/mol. The monoisotopic (exact) mass is 578 g/mol. The first-order chi connectivity index (χ1) is 20.0. The summed E-state index contributed by atoms with van der Waals surface area (Å²) >= 11 is 0. The van der Waals surface area contributed by atoms with Crippen molar-refractivity contribution in [2.75, 3.05) is 13.7 Å². The van der Waals surface area contributed by atoms with Crippen LogP contribution in [-0.4, -0.2) is 69.6 Å². The minimum absolute atomic E-state index is 0.0235. The van der Waals surface area contributed by atoms with Gasteiger partial charge < -0.3 is 24.4 Å². The van der Waals surface area contributed by atoms with Crippen molar-refractivity contribution in [1.29, 1.82) is 0 Å². The molecule has 3 saturated carbocycles. The Bertz CT molecular complexity index is 1410. The Labute approximate surface area is 246 Å². The van der Waals surface area contributed by atoms with Gasteiger partial charge in [0.1, 0.15) is 29.8 Å². The summed E-state index contributed by atoms with van der Waals surface area (Å²) in [4.78, 5) is 35.7. The number of ketones is 1. The summed E-state index contributed by atoms with van der Waals surface area (Å²) in [6.45, 7) is 8.32. The number of hydrogen-bond acceptors (Lipinski definition) is 9. The maximum absolute atomic E-state index is 14.6. The third-order valence-electron chi connectivity index (χ3n) is 12.8. The second kappa shape index (κ2) is 9.44. The zero-order valence-corrected chi connectivity index (χ0v) is 25.1. The normalized spacial score (nSPS) is 44.7. The maximum atomic E-state index is 14.6. The Hall–Kier alpha value is -2.62. The first-order valence-electron chi connectivity index (χ1n) is 15.5. The lowest BCUT2D eigenvalue weighted by molar-refractivity contribution is -0.155. The van der Waals surface area contributed by atoms with Crippen LogP contribution in [-0.2, 0) is 19.1 Å². The second-order valence-corrected chi connectivity index (χ2v) is 14.2. The molecule has 1 unspecified atom stereocenters. The molecule has 1 aromatic heterocycles. The van der Waals surface area contributed by atoms with Crippen molar-refractivity contribution < 1.29 is 34.0 Å². The van der Waals surface area contributed by atoms with Gasteiger partial charge in [-0.05, 0) is 87.0 Å². The lowest BCUT2D eigenvalue weighted by Gasteiger charge is -2.58. The molecule has 2 aliphatic heterocycles. The van der Waals surface area contributed by atoms with Crippen molar-refractivity contribution in [3.63, 3.8) is 0 Å². The lowest BCUT2D eigenvalue weighted by atomic mass is 9.43. The molecule has 4 fully saturated rings.